The Hall–Kier alpha value is -8.46. The van der Waals surface area contributed by atoms with Crippen molar-refractivity contribution in [2.45, 2.75) is 6.42 Å². The molecule has 0 unspecified atom stereocenters. The van der Waals surface area contributed by atoms with E-state index in [-0.39, 0.29) is 0 Å². The zero-order chi connectivity index (χ0) is 44.0. The van der Waals surface area contributed by atoms with Crippen LogP contribution in [0.1, 0.15) is 22.3 Å². The fraction of sp³-hybridized carbons (Fsp3) is 0.0159. The lowest BCUT2D eigenvalue weighted by Gasteiger charge is -2.11. The number of anilines is 1. The van der Waals surface area contributed by atoms with Gasteiger partial charge in [0.05, 0.1) is 11.0 Å². The molecular formula is C63H48N2. The summed E-state index contributed by atoms with van der Waals surface area (Å²) in [6.45, 7) is 8.65. The van der Waals surface area contributed by atoms with Crippen LogP contribution in [0.3, 0.4) is 0 Å². The molecule has 1 N–H and O–H groups in total. The van der Waals surface area contributed by atoms with Gasteiger partial charge >= 0.3 is 0 Å². The van der Waals surface area contributed by atoms with Crippen LogP contribution in [0.15, 0.2) is 262 Å². The third kappa shape index (κ3) is 8.54. The van der Waals surface area contributed by atoms with Crippen LogP contribution >= 0.6 is 0 Å². The monoisotopic (exact) mass is 832 g/mol. The van der Waals surface area contributed by atoms with E-state index in [0.29, 0.717) is 0 Å². The highest BCUT2D eigenvalue weighted by molar-refractivity contribution is 6.12. The Morgan fingerprint density at radius 3 is 1.83 bits per heavy atom. The highest BCUT2D eigenvalue weighted by Crippen LogP contribution is 2.45. The van der Waals surface area contributed by atoms with E-state index in [9.17, 15) is 0 Å². The van der Waals surface area contributed by atoms with Crippen molar-refractivity contribution in [2.75, 3.05) is 5.32 Å². The number of nitrogens with one attached hydrogen (secondary N) is 1. The van der Waals surface area contributed by atoms with Crippen LogP contribution in [0.2, 0.25) is 0 Å². The van der Waals surface area contributed by atoms with Gasteiger partial charge in [-0.15, -0.1) is 0 Å². The third-order valence-electron chi connectivity index (χ3n) is 12.2. The molecule has 1 aromatic heterocycles. The van der Waals surface area contributed by atoms with Gasteiger partial charge in [0.25, 0.3) is 0 Å². The van der Waals surface area contributed by atoms with E-state index in [1.165, 1.54) is 55.2 Å². The van der Waals surface area contributed by atoms with Gasteiger partial charge in [0.2, 0.25) is 0 Å². The molecule has 0 atom stereocenters. The number of aromatic nitrogens is 1. The van der Waals surface area contributed by atoms with Crippen LogP contribution < -0.4 is 5.32 Å². The number of hydrogen-bond acceptors (Lipinski definition) is 1. The lowest BCUT2D eigenvalue weighted by molar-refractivity contribution is 1.22. The van der Waals surface area contributed by atoms with E-state index in [1.54, 1.807) is 0 Å². The Kier molecular flexibility index (Phi) is 11.5. The Labute approximate surface area is 382 Å². The number of allylic oxidation sites excluding steroid dienone is 10. The Morgan fingerprint density at radius 1 is 0.523 bits per heavy atom. The molecule has 0 saturated carbocycles. The second kappa shape index (κ2) is 18.5. The standard InChI is InChI=1S/C63H48N2/c1-3-19-55(27-17-22-46-20-7-4-8-21-46)65-62-32-16-15-30-59(62)61-44-51(35-38-63(61)65)50-33-36-54(37-34-50)64-39-18-31-58-57-29-14-13-28-56(57)45(2)60(58)42-47-40-52(48-23-9-5-10-24-48)43-53(41-47)49-25-11-6-12-26-49/h3-21,23-44,64H,1-2,22H2/b27-17-,39-18+,55-19+,58-31-,60-42-. The zero-order valence-electron chi connectivity index (χ0n) is 36.2. The highest BCUT2D eigenvalue weighted by Gasteiger charge is 2.24. The summed E-state index contributed by atoms with van der Waals surface area (Å²) in [6, 6.07) is 71.3. The minimum absolute atomic E-state index is 0.861. The van der Waals surface area contributed by atoms with Crippen LogP contribution in [0.25, 0.3) is 78.1 Å². The minimum Gasteiger partial charge on any atom is -0.362 e. The molecule has 65 heavy (non-hydrogen) atoms. The molecule has 8 aromatic carbocycles. The van der Waals surface area contributed by atoms with Crippen molar-refractivity contribution in [3.05, 3.63) is 284 Å². The number of benzene rings is 8. The summed E-state index contributed by atoms with van der Waals surface area (Å²) in [7, 11) is 0. The van der Waals surface area contributed by atoms with Crippen molar-refractivity contribution in [1.82, 2.24) is 4.57 Å². The van der Waals surface area contributed by atoms with Crippen molar-refractivity contribution >= 4 is 50.4 Å². The number of para-hydroxylation sites is 1. The molecule has 0 bridgehead atoms. The molecule has 0 aliphatic heterocycles. The fourth-order valence-electron chi connectivity index (χ4n) is 9.01. The second-order valence-corrected chi connectivity index (χ2v) is 16.3. The molecule has 0 fully saturated rings. The molecule has 10 rings (SSSR count). The summed E-state index contributed by atoms with van der Waals surface area (Å²) in [4.78, 5) is 0. The number of hydrogen-bond donors (Lipinski definition) is 1. The molecule has 0 radical (unpaired) electrons. The fourth-order valence-corrected chi connectivity index (χ4v) is 9.01. The van der Waals surface area contributed by atoms with Crippen molar-refractivity contribution in [1.29, 1.82) is 0 Å². The highest BCUT2D eigenvalue weighted by atomic mass is 15.0. The number of rotatable bonds is 12. The van der Waals surface area contributed by atoms with Gasteiger partial charge in [0, 0.05) is 28.4 Å². The molecule has 9 aromatic rings. The smallest absolute Gasteiger partial charge is 0.0541 e. The molecular weight excluding hydrogens is 785 g/mol. The quantitative estimate of drug-likeness (QED) is 0.121. The van der Waals surface area contributed by atoms with Crippen LogP contribution in [-0.2, 0) is 6.42 Å². The predicted octanol–water partition coefficient (Wildman–Crippen LogP) is 16.7. The average molecular weight is 833 g/mol. The van der Waals surface area contributed by atoms with E-state index in [0.717, 1.165) is 56.7 Å². The Balaban J connectivity index is 0.912. The summed E-state index contributed by atoms with van der Waals surface area (Å²) in [5, 5.41) is 5.95. The van der Waals surface area contributed by atoms with E-state index in [1.807, 2.05) is 12.3 Å². The van der Waals surface area contributed by atoms with Gasteiger partial charge in [-0.25, -0.2) is 0 Å². The normalized spacial score (nSPS) is 14.0. The van der Waals surface area contributed by atoms with E-state index >= 15 is 0 Å². The van der Waals surface area contributed by atoms with Crippen molar-refractivity contribution in [3.8, 4) is 33.4 Å². The third-order valence-corrected chi connectivity index (χ3v) is 12.2. The summed E-state index contributed by atoms with van der Waals surface area (Å²) in [5.41, 5.74) is 19.6. The van der Waals surface area contributed by atoms with Crippen LogP contribution in [-0.4, -0.2) is 4.57 Å². The summed E-state index contributed by atoms with van der Waals surface area (Å²) in [5.74, 6) is 0. The largest absolute Gasteiger partial charge is 0.362 e. The van der Waals surface area contributed by atoms with Gasteiger partial charge in [-0.1, -0.05) is 183 Å². The first kappa shape index (κ1) is 40.6. The summed E-state index contributed by atoms with van der Waals surface area (Å²) >= 11 is 0. The van der Waals surface area contributed by atoms with Crippen LogP contribution in [0.4, 0.5) is 5.69 Å². The molecule has 0 saturated heterocycles. The zero-order valence-corrected chi connectivity index (χ0v) is 36.2. The molecule has 310 valence electrons. The Morgan fingerprint density at radius 2 is 1.12 bits per heavy atom. The lowest BCUT2D eigenvalue weighted by atomic mass is 9.94. The number of fused-ring (bicyclic) bond motifs is 4. The molecule has 1 aliphatic rings. The van der Waals surface area contributed by atoms with Crippen LogP contribution in [0.5, 0.6) is 0 Å². The van der Waals surface area contributed by atoms with Gasteiger partial charge in [-0.3, -0.25) is 0 Å². The number of nitrogens with zero attached hydrogens (tertiary/aromatic N) is 1. The SMILES string of the molecule is C=C/C=C(\C=C/Cc1ccccc1)n1c2ccccc2c2cc(-c3ccc(N/C=C/C=C4\C(=C/c5cc(-c6ccccc6)cc(-c6ccccc6)c5)C(=C)c5ccccc54)cc3)ccc21. The maximum Gasteiger partial charge on any atom is 0.0541 e. The molecule has 2 heteroatoms. The summed E-state index contributed by atoms with van der Waals surface area (Å²) in [6.07, 6.45) is 17.9. The van der Waals surface area contributed by atoms with Crippen molar-refractivity contribution < 1.29 is 0 Å². The van der Waals surface area contributed by atoms with E-state index < -0.39 is 0 Å². The van der Waals surface area contributed by atoms with E-state index in [2.05, 4.69) is 260 Å². The van der Waals surface area contributed by atoms with Gasteiger partial charge < -0.3 is 9.88 Å². The maximum atomic E-state index is 4.60. The molecule has 1 heterocycles. The molecule has 1 aliphatic carbocycles. The van der Waals surface area contributed by atoms with Crippen LogP contribution in [0, 0.1) is 0 Å². The molecule has 0 amide bonds. The molecule has 2 nitrogen and oxygen atoms in total. The second-order valence-electron chi connectivity index (χ2n) is 16.3. The van der Waals surface area contributed by atoms with Gasteiger partial charge in [-0.05, 0) is 152 Å². The Bertz CT molecular complexity index is 3300. The predicted molar refractivity (Wildman–Crippen MR) is 280 cm³/mol. The van der Waals surface area contributed by atoms with Crippen molar-refractivity contribution in [2.24, 2.45) is 0 Å². The average Bonchev–Trinajstić information content (AvgIpc) is 3.83. The first-order valence-electron chi connectivity index (χ1n) is 22.2. The van der Waals surface area contributed by atoms with E-state index in [4.69, 9.17) is 0 Å². The minimum atomic E-state index is 0.861. The van der Waals surface area contributed by atoms with Crippen molar-refractivity contribution in [3.63, 3.8) is 0 Å². The summed E-state index contributed by atoms with van der Waals surface area (Å²) < 4.78 is 2.34. The maximum absolute atomic E-state index is 4.60. The van der Waals surface area contributed by atoms with Gasteiger partial charge in [0.15, 0.2) is 0 Å². The lowest BCUT2D eigenvalue weighted by Crippen LogP contribution is -1.95. The topological polar surface area (TPSA) is 17.0 Å². The van der Waals surface area contributed by atoms with Gasteiger partial charge in [0.1, 0.15) is 0 Å². The van der Waals surface area contributed by atoms with Gasteiger partial charge in [-0.2, -0.15) is 0 Å². The molecule has 0 spiro atoms. The first-order chi connectivity index (χ1) is 32.1. The first-order valence-corrected chi connectivity index (χ1v) is 22.2.